The monoisotopic (exact) mass is 263 g/mol. The molecule has 2 rings (SSSR count). The molecule has 0 aromatic rings. The van der Waals surface area contributed by atoms with Gasteiger partial charge in [0.15, 0.2) is 0 Å². The van der Waals surface area contributed by atoms with E-state index in [4.69, 9.17) is 0 Å². The van der Waals surface area contributed by atoms with Crippen LogP contribution in [0.4, 0.5) is 0 Å². The fraction of sp³-hybridized carbons (Fsp3) is 0.889. The minimum atomic E-state index is 0.695. The van der Waals surface area contributed by atoms with Crippen molar-refractivity contribution in [1.29, 1.82) is 0 Å². The molecule has 0 bridgehead atoms. The van der Waals surface area contributed by atoms with Gasteiger partial charge in [0.2, 0.25) is 0 Å². The van der Waals surface area contributed by atoms with Crippen molar-refractivity contribution in [1.82, 2.24) is 5.32 Å². The zero-order valence-electron chi connectivity index (χ0n) is 13.1. The number of hydrogen-bond donors (Lipinski definition) is 1. The largest absolute Gasteiger partial charge is 0.313 e. The third-order valence-corrected chi connectivity index (χ3v) is 5.37. The lowest BCUT2D eigenvalue weighted by Crippen LogP contribution is -2.41. The van der Waals surface area contributed by atoms with Crippen LogP contribution in [0.25, 0.3) is 0 Å². The van der Waals surface area contributed by atoms with Crippen molar-refractivity contribution in [3.05, 3.63) is 12.2 Å². The van der Waals surface area contributed by atoms with E-state index in [9.17, 15) is 0 Å². The quantitative estimate of drug-likeness (QED) is 0.670. The van der Waals surface area contributed by atoms with Gasteiger partial charge in [0.25, 0.3) is 0 Å². The summed E-state index contributed by atoms with van der Waals surface area (Å²) in [5, 5.41) is 3.81. The number of hydrogen-bond acceptors (Lipinski definition) is 1. The average molecular weight is 263 g/mol. The van der Waals surface area contributed by atoms with Crippen molar-refractivity contribution in [2.24, 2.45) is 17.8 Å². The van der Waals surface area contributed by atoms with Gasteiger partial charge in [0.1, 0.15) is 0 Å². The Balaban J connectivity index is 1.91. The fourth-order valence-electron chi connectivity index (χ4n) is 4.39. The molecule has 4 atom stereocenters. The van der Waals surface area contributed by atoms with Gasteiger partial charge >= 0.3 is 0 Å². The molecular weight excluding hydrogens is 230 g/mol. The van der Waals surface area contributed by atoms with E-state index < -0.39 is 0 Å². The van der Waals surface area contributed by atoms with E-state index in [1.165, 1.54) is 69.9 Å². The van der Waals surface area contributed by atoms with Crippen LogP contribution in [0, 0.1) is 17.8 Å². The molecule has 1 nitrogen and oxygen atoms in total. The molecule has 1 N–H and O–H groups in total. The van der Waals surface area contributed by atoms with E-state index in [1.807, 2.05) is 0 Å². The van der Waals surface area contributed by atoms with Crippen LogP contribution >= 0.6 is 0 Å². The predicted octanol–water partition coefficient (Wildman–Crippen LogP) is 4.93. The van der Waals surface area contributed by atoms with Crippen molar-refractivity contribution >= 4 is 0 Å². The smallest absolute Gasteiger partial charge is 0.0132 e. The molecule has 0 amide bonds. The third-order valence-electron chi connectivity index (χ3n) is 5.37. The molecule has 0 saturated heterocycles. The lowest BCUT2D eigenvalue weighted by atomic mass is 9.65. The van der Waals surface area contributed by atoms with Crippen LogP contribution in [0.2, 0.25) is 0 Å². The molecule has 0 aromatic carbocycles. The highest BCUT2D eigenvalue weighted by atomic mass is 14.9. The molecule has 110 valence electrons. The highest BCUT2D eigenvalue weighted by Gasteiger charge is 2.35. The van der Waals surface area contributed by atoms with E-state index in [1.54, 1.807) is 0 Å². The molecule has 2 fully saturated rings. The summed E-state index contributed by atoms with van der Waals surface area (Å²) < 4.78 is 0. The summed E-state index contributed by atoms with van der Waals surface area (Å²) in [5.41, 5.74) is 1.35. The van der Waals surface area contributed by atoms with Crippen molar-refractivity contribution in [3.8, 4) is 0 Å². The van der Waals surface area contributed by atoms with Crippen LogP contribution < -0.4 is 5.32 Å². The van der Waals surface area contributed by atoms with Crippen molar-refractivity contribution < 1.29 is 0 Å². The molecule has 2 aliphatic carbocycles. The molecule has 0 radical (unpaired) electrons. The van der Waals surface area contributed by atoms with E-state index in [0.29, 0.717) is 6.04 Å². The summed E-state index contributed by atoms with van der Waals surface area (Å²) in [6.45, 7) is 9.76. The Morgan fingerprint density at radius 2 is 1.89 bits per heavy atom. The van der Waals surface area contributed by atoms with Crippen LogP contribution in [0.1, 0.15) is 71.6 Å². The minimum Gasteiger partial charge on any atom is -0.313 e. The molecule has 1 heteroatoms. The van der Waals surface area contributed by atoms with Crippen LogP contribution in [0.3, 0.4) is 0 Å². The first kappa shape index (κ1) is 15.1. The minimum absolute atomic E-state index is 0.695. The Hall–Kier alpha value is -0.300. The molecule has 2 saturated carbocycles. The Kier molecular flexibility index (Phi) is 5.94. The SMILES string of the molecule is C=C(C)CC(NCCC)C1CCC2CCCCC2C1. The lowest BCUT2D eigenvalue weighted by Gasteiger charge is -2.42. The van der Waals surface area contributed by atoms with Gasteiger partial charge in [-0.2, -0.15) is 0 Å². The number of nitrogens with one attached hydrogen (secondary N) is 1. The van der Waals surface area contributed by atoms with E-state index >= 15 is 0 Å². The Morgan fingerprint density at radius 1 is 1.16 bits per heavy atom. The highest BCUT2D eigenvalue weighted by molar-refractivity contribution is 4.97. The van der Waals surface area contributed by atoms with Crippen molar-refractivity contribution in [3.63, 3.8) is 0 Å². The summed E-state index contributed by atoms with van der Waals surface area (Å²) in [6, 6.07) is 0.695. The first-order chi connectivity index (χ1) is 9.20. The van der Waals surface area contributed by atoms with Gasteiger partial charge < -0.3 is 5.32 Å². The van der Waals surface area contributed by atoms with Gasteiger partial charge in [-0.05, 0) is 63.3 Å². The van der Waals surface area contributed by atoms with Crippen LogP contribution in [-0.4, -0.2) is 12.6 Å². The first-order valence-electron chi connectivity index (χ1n) is 8.58. The highest BCUT2D eigenvalue weighted by Crippen LogP contribution is 2.44. The molecule has 0 aliphatic heterocycles. The second-order valence-corrected chi connectivity index (χ2v) is 7.10. The van der Waals surface area contributed by atoms with Crippen molar-refractivity contribution in [2.45, 2.75) is 77.7 Å². The summed E-state index contributed by atoms with van der Waals surface area (Å²) >= 11 is 0. The predicted molar refractivity (Wildman–Crippen MR) is 84.3 cm³/mol. The average Bonchev–Trinajstić information content (AvgIpc) is 2.42. The van der Waals surface area contributed by atoms with Crippen LogP contribution in [0.15, 0.2) is 12.2 Å². The topological polar surface area (TPSA) is 12.0 Å². The molecule has 0 aromatic heterocycles. The van der Waals surface area contributed by atoms with Gasteiger partial charge in [-0.1, -0.05) is 38.2 Å². The van der Waals surface area contributed by atoms with Crippen molar-refractivity contribution in [2.75, 3.05) is 6.54 Å². The molecule has 0 spiro atoms. The third kappa shape index (κ3) is 4.34. The zero-order chi connectivity index (χ0) is 13.7. The molecule has 2 aliphatic rings. The Morgan fingerprint density at radius 3 is 2.58 bits per heavy atom. The summed E-state index contributed by atoms with van der Waals surface area (Å²) in [6.07, 6.45) is 12.9. The summed E-state index contributed by atoms with van der Waals surface area (Å²) in [7, 11) is 0. The van der Waals surface area contributed by atoms with Gasteiger partial charge in [0, 0.05) is 6.04 Å². The molecule has 19 heavy (non-hydrogen) atoms. The summed E-state index contributed by atoms with van der Waals surface area (Å²) in [4.78, 5) is 0. The van der Waals surface area contributed by atoms with Gasteiger partial charge in [-0.3, -0.25) is 0 Å². The maximum absolute atomic E-state index is 4.14. The first-order valence-corrected chi connectivity index (χ1v) is 8.58. The number of rotatable bonds is 6. The lowest BCUT2D eigenvalue weighted by molar-refractivity contribution is 0.109. The maximum Gasteiger partial charge on any atom is 0.0132 e. The van der Waals surface area contributed by atoms with Gasteiger partial charge in [-0.25, -0.2) is 0 Å². The van der Waals surface area contributed by atoms with E-state index in [-0.39, 0.29) is 0 Å². The van der Waals surface area contributed by atoms with Gasteiger partial charge in [-0.15, -0.1) is 6.58 Å². The zero-order valence-corrected chi connectivity index (χ0v) is 13.1. The van der Waals surface area contributed by atoms with E-state index in [2.05, 4.69) is 25.7 Å². The standard InChI is InChI=1S/C18H33N/c1-4-11-19-18(12-14(2)3)17-10-9-15-7-5-6-8-16(15)13-17/h15-19H,2,4-13H2,1,3H3. The molecule has 0 heterocycles. The normalized spacial score (nSPS) is 32.6. The Labute approximate surface area is 120 Å². The van der Waals surface area contributed by atoms with E-state index in [0.717, 1.165) is 17.8 Å². The molecular formula is C18H33N. The second-order valence-electron chi connectivity index (χ2n) is 7.10. The number of fused-ring (bicyclic) bond motifs is 1. The van der Waals surface area contributed by atoms with Crippen LogP contribution in [0.5, 0.6) is 0 Å². The Bertz CT molecular complexity index is 283. The molecule has 4 unspecified atom stereocenters. The maximum atomic E-state index is 4.14. The summed E-state index contributed by atoms with van der Waals surface area (Å²) in [5.74, 6) is 3.02. The second kappa shape index (κ2) is 7.47. The van der Waals surface area contributed by atoms with Crippen LogP contribution in [-0.2, 0) is 0 Å². The fourth-order valence-corrected chi connectivity index (χ4v) is 4.39. The van der Waals surface area contributed by atoms with Gasteiger partial charge in [0.05, 0.1) is 0 Å².